The van der Waals surface area contributed by atoms with Crippen LogP contribution in [0.4, 0.5) is 0 Å². The highest BCUT2D eigenvalue weighted by Gasteiger charge is 2.33. The highest BCUT2D eigenvalue weighted by atomic mass is 32.2. The topological polar surface area (TPSA) is 55.8 Å². The van der Waals surface area contributed by atoms with Gasteiger partial charge in [0.1, 0.15) is 0 Å². The second kappa shape index (κ2) is 6.23. The molecule has 0 bridgehead atoms. The lowest BCUT2D eigenvalue weighted by Gasteiger charge is -2.34. The smallest absolute Gasteiger partial charge is 0.214 e. The second-order valence-electron chi connectivity index (χ2n) is 5.26. The van der Waals surface area contributed by atoms with Crippen molar-refractivity contribution in [1.29, 1.82) is 0 Å². The first-order valence-corrected chi connectivity index (χ1v) is 8.79. The lowest BCUT2D eigenvalue weighted by atomic mass is 9.94. The third kappa shape index (κ3) is 3.01. The van der Waals surface area contributed by atoms with Crippen LogP contribution in [0.5, 0.6) is 11.5 Å². The Morgan fingerprint density at radius 1 is 1.24 bits per heavy atom. The molecule has 1 unspecified atom stereocenters. The summed E-state index contributed by atoms with van der Waals surface area (Å²) in [6.45, 7) is 4.33. The lowest BCUT2D eigenvalue weighted by Crippen LogP contribution is -2.40. The van der Waals surface area contributed by atoms with Gasteiger partial charge in [0.15, 0.2) is 11.5 Å². The van der Waals surface area contributed by atoms with Crippen LogP contribution in [0.1, 0.15) is 37.4 Å². The number of methoxy groups -OCH3 is 2. The number of hydrogen-bond donors (Lipinski definition) is 0. The Morgan fingerprint density at radius 2 is 1.86 bits per heavy atom. The summed E-state index contributed by atoms with van der Waals surface area (Å²) in [4.78, 5) is 0. The van der Waals surface area contributed by atoms with Gasteiger partial charge >= 0.3 is 0 Å². The molecule has 118 valence electrons. The van der Waals surface area contributed by atoms with Crippen molar-refractivity contribution >= 4 is 10.0 Å². The molecule has 0 radical (unpaired) electrons. The highest BCUT2D eigenvalue weighted by Crippen LogP contribution is 2.38. The van der Waals surface area contributed by atoms with Crippen LogP contribution in [0.3, 0.4) is 0 Å². The van der Waals surface area contributed by atoms with Crippen molar-refractivity contribution in [1.82, 2.24) is 4.31 Å². The van der Waals surface area contributed by atoms with Crippen LogP contribution in [0, 0.1) is 0 Å². The SMILES string of the molecule is CCCS(=O)(=O)N1CCc2cc(OC)c(OC)cc2C1C. The molecule has 1 aromatic rings. The fraction of sp³-hybridized carbons (Fsp3) is 0.600. The molecule has 0 aliphatic carbocycles. The maximum absolute atomic E-state index is 12.4. The van der Waals surface area contributed by atoms with Gasteiger partial charge in [-0.25, -0.2) is 8.42 Å². The van der Waals surface area contributed by atoms with Gasteiger partial charge in [0.2, 0.25) is 10.0 Å². The van der Waals surface area contributed by atoms with Crippen molar-refractivity contribution in [2.24, 2.45) is 0 Å². The zero-order valence-electron chi connectivity index (χ0n) is 13.0. The van der Waals surface area contributed by atoms with Crippen LogP contribution in [0.25, 0.3) is 0 Å². The van der Waals surface area contributed by atoms with E-state index in [-0.39, 0.29) is 11.8 Å². The third-order valence-corrected chi connectivity index (χ3v) is 6.09. The standard InChI is InChI=1S/C15H23NO4S/c1-5-8-21(17,18)16-7-6-12-9-14(19-3)15(20-4)10-13(12)11(16)2/h9-11H,5-8H2,1-4H3. The summed E-state index contributed by atoms with van der Waals surface area (Å²) in [6, 6.07) is 3.67. The van der Waals surface area contributed by atoms with E-state index in [1.807, 2.05) is 26.0 Å². The number of benzene rings is 1. The van der Waals surface area contributed by atoms with Crippen molar-refractivity contribution in [2.75, 3.05) is 26.5 Å². The van der Waals surface area contributed by atoms with Crippen molar-refractivity contribution < 1.29 is 17.9 Å². The minimum atomic E-state index is -3.20. The molecule has 2 rings (SSSR count). The zero-order valence-corrected chi connectivity index (χ0v) is 13.9. The summed E-state index contributed by atoms with van der Waals surface area (Å²) < 4.78 is 36.9. The molecule has 1 atom stereocenters. The van der Waals surface area contributed by atoms with Gasteiger partial charge in [0.05, 0.1) is 20.0 Å². The molecular weight excluding hydrogens is 290 g/mol. The number of hydrogen-bond acceptors (Lipinski definition) is 4. The van der Waals surface area contributed by atoms with Gasteiger partial charge in [-0.1, -0.05) is 6.92 Å². The normalized spacial score (nSPS) is 19.1. The molecule has 0 spiro atoms. The molecule has 21 heavy (non-hydrogen) atoms. The Hall–Kier alpha value is -1.27. The summed E-state index contributed by atoms with van der Waals surface area (Å²) in [6.07, 6.45) is 1.33. The maximum Gasteiger partial charge on any atom is 0.214 e. The molecule has 0 amide bonds. The fourth-order valence-electron chi connectivity index (χ4n) is 2.88. The molecule has 0 N–H and O–H groups in total. The average Bonchev–Trinajstić information content (AvgIpc) is 2.46. The second-order valence-corrected chi connectivity index (χ2v) is 7.30. The van der Waals surface area contributed by atoms with E-state index >= 15 is 0 Å². The van der Waals surface area contributed by atoms with Gasteiger partial charge in [-0.15, -0.1) is 0 Å². The molecule has 0 fully saturated rings. The molecule has 1 heterocycles. The first-order valence-electron chi connectivity index (χ1n) is 7.19. The van der Waals surface area contributed by atoms with Crippen molar-refractivity contribution in [2.45, 2.75) is 32.7 Å². The molecule has 0 aromatic heterocycles. The van der Waals surface area contributed by atoms with Crippen LogP contribution in [0.15, 0.2) is 12.1 Å². The van der Waals surface area contributed by atoms with E-state index in [1.165, 1.54) is 0 Å². The van der Waals surface area contributed by atoms with Crippen molar-refractivity contribution in [3.8, 4) is 11.5 Å². The Balaban J connectivity index is 2.41. The summed E-state index contributed by atoms with van der Waals surface area (Å²) in [5.74, 6) is 1.52. The lowest BCUT2D eigenvalue weighted by molar-refractivity contribution is 0.319. The number of rotatable bonds is 5. The van der Waals surface area contributed by atoms with Gasteiger partial charge in [-0.2, -0.15) is 4.31 Å². The molecule has 0 saturated carbocycles. The van der Waals surface area contributed by atoms with E-state index in [9.17, 15) is 8.42 Å². The molecule has 1 aliphatic heterocycles. The van der Waals surface area contributed by atoms with E-state index < -0.39 is 10.0 Å². The Labute approximate surface area is 126 Å². The number of fused-ring (bicyclic) bond motifs is 1. The van der Waals surface area contributed by atoms with Crippen LogP contribution < -0.4 is 9.47 Å². The minimum Gasteiger partial charge on any atom is -0.493 e. The maximum atomic E-state index is 12.4. The summed E-state index contributed by atoms with van der Waals surface area (Å²) in [5.41, 5.74) is 2.13. The number of ether oxygens (including phenoxy) is 2. The molecule has 1 aromatic carbocycles. The summed E-state index contributed by atoms with van der Waals surface area (Å²) >= 11 is 0. The predicted molar refractivity (Wildman–Crippen MR) is 82.4 cm³/mol. The van der Waals surface area contributed by atoms with E-state index in [0.29, 0.717) is 30.9 Å². The quantitative estimate of drug-likeness (QED) is 0.837. The first kappa shape index (κ1) is 16.1. The van der Waals surface area contributed by atoms with Crippen LogP contribution in [-0.4, -0.2) is 39.2 Å². The predicted octanol–water partition coefficient (Wildman–Crippen LogP) is 2.36. The first-order chi connectivity index (χ1) is 9.94. The van der Waals surface area contributed by atoms with Crippen LogP contribution in [-0.2, 0) is 16.4 Å². The van der Waals surface area contributed by atoms with Gasteiger partial charge in [0, 0.05) is 12.6 Å². The number of nitrogens with zero attached hydrogens (tertiary/aromatic N) is 1. The zero-order chi connectivity index (χ0) is 15.6. The average molecular weight is 313 g/mol. The van der Waals surface area contributed by atoms with E-state index in [0.717, 1.165) is 11.1 Å². The van der Waals surface area contributed by atoms with Crippen molar-refractivity contribution in [3.05, 3.63) is 23.3 Å². The highest BCUT2D eigenvalue weighted by molar-refractivity contribution is 7.89. The molecular formula is C15H23NO4S. The molecule has 0 saturated heterocycles. The summed E-state index contributed by atoms with van der Waals surface area (Å²) in [7, 11) is -0.00699. The van der Waals surface area contributed by atoms with E-state index in [1.54, 1.807) is 18.5 Å². The van der Waals surface area contributed by atoms with Gasteiger partial charge in [-0.05, 0) is 43.0 Å². The van der Waals surface area contributed by atoms with Crippen molar-refractivity contribution in [3.63, 3.8) is 0 Å². The number of sulfonamides is 1. The molecule has 1 aliphatic rings. The minimum absolute atomic E-state index is 0.176. The monoisotopic (exact) mass is 313 g/mol. The molecule has 5 nitrogen and oxygen atoms in total. The largest absolute Gasteiger partial charge is 0.493 e. The van der Waals surface area contributed by atoms with E-state index in [4.69, 9.17) is 9.47 Å². The van der Waals surface area contributed by atoms with Gasteiger partial charge in [0.25, 0.3) is 0 Å². The molecule has 6 heteroatoms. The Morgan fingerprint density at radius 3 is 2.43 bits per heavy atom. The third-order valence-electron chi connectivity index (χ3n) is 3.95. The van der Waals surface area contributed by atoms with Crippen LogP contribution in [0.2, 0.25) is 0 Å². The summed E-state index contributed by atoms with van der Waals surface area (Å²) in [5, 5.41) is 0. The van der Waals surface area contributed by atoms with E-state index in [2.05, 4.69) is 0 Å². The Kier molecular flexibility index (Phi) is 4.78. The fourth-order valence-corrected chi connectivity index (χ4v) is 4.59. The van der Waals surface area contributed by atoms with Gasteiger partial charge in [-0.3, -0.25) is 0 Å². The Bertz CT molecular complexity index is 612. The van der Waals surface area contributed by atoms with Crippen LogP contribution >= 0.6 is 0 Å². The van der Waals surface area contributed by atoms with Gasteiger partial charge < -0.3 is 9.47 Å².